The Bertz CT molecular complexity index is 1400. The van der Waals surface area contributed by atoms with Crippen molar-refractivity contribution < 1.29 is 9.59 Å². The number of hydrogen-bond acceptors (Lipinski definition) is 5. The molecule has 1 N–H and O–H groups in total. The molecule has 1 amide bonds. The van der Waals surface area contributed by atoms with Crippen molar-refractivity contribution in [2.75, 3.05) is 10.2 Å². The molecule has 4 aromatic rings. The standard InChI is InChI=1S/C33H32N2O2S2/c36-30-20-10-7-17-27(30)33(37)35(24-26-15-5-2-6-16-26)29-19-9-12-22-32(29)39-38-31-21-11-8-18-28(31)34-23-25-13-3-1-4-14-25/h1-6,8-9,11-16,18-19,21-22,27,34H,7,10,17,20,23-24H2. The maximum Gasteiger partial charge on any atom is 0.237 e. The highest BCUT2D eigenvalue weighted by Gasteiger charge is 2.33. The summed E-state index contributed by atoms with van der Waals surface area (Å²) in [7, 11) is 3.31. The number of rotatable bonds is 10. The Hall–Kier alpha value is -3.48. The fraction of sp³-hybridized carbons (Fsp3) is 0.212. The number of hydrogen-bond donors (Lipinski definition) is 1. The Morgan fingerprint density at radius 3 is 2.10 bits per heavy atom. The van der Waals surface area contributed by atoms with Gasteiger partial charge in [0.1, 0.15) is 5.78 Å². The normalized spacial score (nSPS) is 15.1. The van der Waals surface area contributed by atoms with E-state index < -0.39 is 5.92 Å². The topological polar surface area (TPSA) is 49.4 Å². The minimum absolute atomic E-state index is 0.0715. The quantitative estimate of drug-likeness (QED) is 0.158. The molecule has 1 saturated carbocycles. The van der Waals surface area contributed by atoms with Crippen LogP contribution >= 0.6 is 21.6 Å². The van der Waals surface area contributed by atoms with Crippen LogP contribution in [0.2, 0.25) is 0 Å². The van der Waals surface area contributed by atoms with Gasteiger partial charge in [0.25, 0.3) is 0 Å². The van der Waals surface area contributed by atoms with Gasteiger partial charge in [-0.1, -0.05) is 113 Å². The van der Waals surface area contributed by atoms with Crippen molar-refractivity contribution in [1.29, 1.82) is 0 Å². The second kappa shape index (κ2) is 13.5. The number of nitrogens with one attached hydrogen (secondary N) is 1. The number of nitrogens with zero attached hydrogens (tertiary/aromatic N) is 1. The Kier molecular flexibility index (Phi) is 9.41. The SMILES string of the molecule is O=C1CCCCC1C(=O)N(Cc1ccccc1)c1ccccc1SSc1ccccc1NCc1ccccc1. The van der Waals surface area contributed by atoms with Crippen molar-refractivity contribution >= 4 is 44.7 Å². The highest BCUT2D eigenvalue weighted by Crippen LogP contribution is 2.45. The summed E-state index contributed by atoms with van der Waals surface area (Å²) >= 11 is 0. The van der Waals surface area contributed by atoms with Crippen LogP contribution < -0.4 is 10.2 Å². The number of amides is 1. The second-order valence-electron chi connectivity index (χ2n) is 9.64. The van der Waals surface area contributed by atoms with E-state index in [0.29, 0.717) is 19.4 Å². The summed E-state index contributed by atoms with van der Waals surface area (Å²) in [6.07, 6.45) is 2.92. The molecule has 0 bridgehead atoms. The first-order valence-corrected chi connectivity index (χ1v) is 15.5. The zero-order valence-electron chi connectivity index (χ0n) is 21.8. The minimum atomic E-state index is -0.559. The molecule has 0 saturated heterocycles. The van der Waals surface area contributed by atoms with Gasteiger partial charge in [0.05, 0.1) is 18.2 Å². The maximum atomic E-state index is 13.9. The number of benzene rings is 4. The lowest BCUT2D eigenvalue weighted by atomic mass is 9.86. The summed E-state index contributed by atoms with van der Waals surface area (Å²) in [4.78, 5) is 30.6. The maximum absolute atomic E-state index is 13.9. The van der Waals surface area contributed by atoms with E-state index in [-0.39, 0.29) is 11.7 Å². The molecule has 6 heteroatoms. The van der Waals surface area contributed by atoms with Gasteiger partial charge in [-0.25, -0.2) is 0 Å². The molecule has 5 rings (SSSR count). The van der Waals surface area contributed by atoms with Crippen LogP contribution in [0.3, 0.4) is 0 Å². The summed E-state index contributed by atoms with van der Waals surface area (Å²) < 4.78 is 0. The summed E-state index contributed by atoms with van der Waals surface area (Å²) in [6.45, 7) is 1.18. The van der Waals surface area contributed by atoms with Gasteiger partial charge in [-0.3, -0.25) is 9.59 Å². The van der Waals surface area contributed by atoms with Crippen LogP contribution in [0.1, 0.15) is 36.8 Å². The lowest BCUT2D eigenvalue weighted by molar-refractivity contribution is -0.134. The Balaban J connectivity index is 1.38. The molecule has 1 unspecified atom stereocenters. The van der Waals surface area contributed by atoms with Crippen molar-refractivity contribution in [3.63, 3.8) is 0 Å². The Morgan fingerprint density at radius 1 is 0.744 bits per heavy atom. The molecule has 1 fully saturated rings. The first-order valence-electron chi connectivity index (χ1n) is 13.4. The minimum Gasteiger partial charge on any atom is -0.380 e. The van der Waals surface area contributed by atoms with Crippen LogP contribution in [-0.4, -0.2) is 11.7 Å². The third-order valence-corrected chi connectivity index (χ3v) is 9.36. The molecule has 0 aromatic heterocycles. The van der Waals surface area contributed by atoms with E-state index in [1.54, 1.807) is 21.6 Å². The number of Topliss-reactive ketones (excluding diaryl/α,β-unsaturated/α-hetero) is 1. The molecule has 198 valence electrons. The summed E-state index contributed by atoms with van der Waals surface area (Å²) in [5.41, 5.74) is 4.18. The number of carbonyl (C=O) groups is 2. The third kappa shape index (κ3) is 7.14. The van der Waals surface area contributed by atoms with E-state index in [1.807, 2.05) is 83.8 Å². The predicted molar refractivity (Wildman–Crippen MR) is 163 cm³/mol. The van der Waals surface area contributed by atoms with Gasteiger partial charge < -0.3 is 10.2 Å². The molecule has 39 heavy (non-hydrogen) atoms. The number of carbonyl (C=O) groups excluding carboxylic acids is 2. The zero-order chi connectivity index (χ0) is 26.9. The molecule has 4 aromatic carbocycles. The van der Waals surface area contributed by atoms with Crippen LogP contribution in [0.4, 0.5) is 11.4 Å². The Labute approximate surface area is 238 Å². The van der Waals surface area contributed by atoms with Crippen molar-refractivity contribution in [2.45, 2.75) is 48.6 Å². The van der Waals surface area contributed by atoms with Gasteiger partial charge >= 0.3 is 0 Å². The smallest absolute Gasteiger partial charge is 0.237 e. The number of ketones is 1. The second-order valence-corrected chi connectivity index (χ2v) is 11.9. The van der Waals surface area contributed by atoms with Gasteiger partial charge in [0.15, 0.2) is 0 Å². The van der Waals surface area contributed by atoms with Crippen molar-refractivity contribution in [3.8, 4) is 0 Å². The van der Waals surface area contributed by atoms with Gasteiger partial charge in [-0.15, -0.1) is 0 Å². The number of para-hydroxylation sites is 2. The van der Waals surface area contributed by atoms with Gasteiger partial charge in [0.2, 0.25) is 5.91 Å². The van der Waals surface area contributed by atoms with Gasteiger partial charge in [-0.2, -0.15) is 0 Å². The van der Waals surface area contributed by atoms with E-state index in [4.69, 9.17) is 0 Å². The first-order chi connectivity index (χ1) is 19.2. The van der Waals surface area contributed by atoms with Crippen LogP contribution in [0.5, 0.6) is 0 Å². The molecule has 0 radical (unpaired) electrons. The average Bonchev–Trinajstić information content (AvgIpc) is 2.99. The third-order valence-electron chi connectivity index (χ3n) is 6.89. The lowest BCUT2D eigenvalue weighted by Crippen LogP contribution is -2.40. The van der Waals surface area contributed by atoms with E-state index >= 15 is 0 Å². The molecule has 0 aliphatic heterocycles. The van der Waals surface area contributed by atoms with E-state index in [0.717, 1.165) is 46.1 Å². The average molecular weight is 553 g/mol. The van der Waals surface area contributed by atoms with E-state index in [1.165, 1.54) is 5.56 Å². The molecule has 1 aliphatic rings. The van der Waals surface area contributed by atoms with Crippen molar-refractivity contribution in [3.05, 3.63) is 120 Å². The van der Waals surface area contributed by atoms with Gasteiger partial charge in [0, 0.05) is 28.4 Å². The molecule has 4 nitrogen and oxygen atoms in total. The zero-order valence-corrected chi connectivity index (χ0v) is 23.4. The molecular weight excluding hydrogens is 521 g/mol. The van der Waals surface area contributed by atoms with Crippen LogP contribution in [0.15, 0.2) is 119 Å². The summed E-state index contributed by atoms with van der Waals surface area (Å²) in [5.74, 6) is -0.579. The molecule has 0 spiro atoms. The summed E-state index contributed by atoms with van der Waals surface area (Å²) in [6, 6.07) is 36.7. The lowest BCUT2D eigenvalue weighted by Gasteiger charge is -2.30. The predicted octanol–water partition coefficient (Wildman–Crippen LogP) is 8.39. The fourth-order valence-corrected chi connectivity index (χ4v) is 7.14. The highest BCUT2D eigenvalue weighted by molar-refractivity contribution is 8.76. The molecule has 0 heterocycles. The van der Waals surface area contributed by atoms with Crippen LogP contribution in [0.25, 0.3) is 0 Å². The Morgan fingerprint density at radius 2 is 1.36 bits per heavy atom. The van der Waals surface area contributed by atoms with Crippen molar-refractivity contribution in [1.82, 2.24) is 0 Å². The summed E-state index contributed by atoms with van der Waals surface area (Å²) in [5, 5.41) is 3.57. The van der Waals surface area contributed by atoms with E-state index in [9.17, 15) is 9.59 Å². The number of anilines is 2. The molecule has 1 atom stereocenters. The largest absolute Gasteiger partial charge is 0.380 e. The van der Waals surface area contributed by atoms with Gasteiger partial charge in [-0.05, 0) is 48.2 Å². The monoisotopic (exact) mass is 552 g/mol. The van der Waals surface area contributed by atoms with E-state index in [2.05, 4.69) is 35.6 Å². The van der Waals surface area contributed by atoms with Crippen LogP contribution in [0, 0.1) is 5.92 Å². The van der Waals surface area contributed by atoms with Crippen LogP contribution in [-0.2, 0) is 22.7 Å². The molecule has 1 aliphatic carbocycles. The fourth-order valence-electron chi connectivity index (χ4n) is 4.80. The molecular formula is C33H32N2O2S2. The van der Waals surface area contributed by atoms with Crippen molar-refractivity contribution in [2.24, 2.45) is 5.92 Å². The highest BCUT2D eigenvalue weighted by atomic mass is 33.1. The first kappa shape index (κ1) is 27.1.